The van der Waals surface area contributed by atoms with Gasteiger partial charge in [-0.3, -0.25) is 14.4 Å². The Bertz CT molecular complexity index is 1140. The van der Waals surface area contributed by atoms with E-state index in [9.17, 15) is 18.8 Å². The number of nitrogens with zero attached hydrogens (tertiary/aromatic N) is 2. The lowest BCUT2D eigenvalue weighted by molar-refractivity contribution is -0.119. The molecule has 2 aromatic heterocycles. The molecule has 8 heteroatoms. The quantitative estimate of drug-likeness (QED) is 0.375. The lowest BCUT2D eigenvalue weighted by atomic mass is 9.77. The first kappa shape index (κ1) is 24.1. The van der Waals surface area contributed by atoms with Gasteiger partial charge in [-0.25, -0.2) is 4.98 Å². The summed E-state index contributed by atoms with van der Waals surface area (Å²) in [7, 11) is 1.68. The van der Waals surface area contributed by atoms with Crippen LogP contribution >= 0.6 is 0 Å². The fourth-order valence-corrected chi connectivity index (χ4v) is 6.39. The second-order valence-electron chi connectivity index (χ2n) is 10.2. The van der Waals surface area contributed by atoms with E-state index in [4.69, 9.17) is 0 Å². The molecule has 0 radical (unpaired) electrons. The largest absolute Gasteiger partial charge is 0.344 e. The summed E-state index contributed by atoms with van der Waals surface area (Å²) in [6, 6.07) is 2.57. The molecule has 2 aliphatic carbocycles. The minimum absolute atomic E-state index is 0.206. The van der Waals surface area contributed by atoms with Crippen molar-refractivity contribution in [2.24, 2.45) is 24.8 Å². The maximum absolute atomic E-state index is 13.4. The van der Waals surface area contributed by atoms with E-state index >= 15 is 0 Å². The Morgan fingerprint density at radius 2 is 1.94 bits per heavy atom. The third kappa shape index (κ3) is 4.14. The molecule has 2 bridgehead atoms. The van der Waals surface area contributed by atoms with E-state index < -0.39 is 23.5 Å². The summed E-state index contributed by atoms with van der Waals surface area (Å²) in [6.07, 6.45) is 6.30. The number of fused-ring (bicyclic) bond motifs is 2. The van der Waals surface area contributed by atoms with Crippen molar-refractivity contribution in [3.63, 3.8) is 0 Å². The number of Topliss-reactive ketones (excluding diaryl/α,β-unsaturated/α-hetero) is 1. The average molecular weight is 469 g/mol. The van der Waals surface area contributed by atoms with Crippen LogP contribution in [0.4, 0.5) is 10.1 Å². The van der Waals surface area contributed by atoms with Crippen LogP contribution in [0.25, 0.3) is 0 Å². The van der Waals surface area contributed by atoms with Crippen molar-refractivity contribution in [1.82, 2.24) is 14.9 Å². The molecule has 2 heterocycles. The zero-order valence-corrected chi connectivity index (χ0v) is 20.5. The van der Waals surface area contributed by atoms with E-state index in [-0.39, 0.29) is 11.2 Å². The van der Waals surface area contributed by atoms with Crippen LogP contribution in [0.15, 0.2) is 18.3 Å². The number of halogens is 1. The van der Waals surface area contributed by atoms with Crippen LogP contribution in [0.5, 0.6) is 0 Å². The number of nitrogens with one attached hydrogen (secondary N) is 2. The highest BCUT2D eigenvalue weighted by atomic mass is 19.1. The van der Waals surface area contributed by atoms with Crippen molar-refractivity contribution in [3.05, 3.63) is 46.8 Å². The molecule has 4 rings (SSSR count). The van der Waals surface area contributed by atoms with Gasteiger partial charge in [-0.1, -0.05) is 13.8 Å². The molecule has 0 aromatic carbocycles. The summed E-state index contributed by atoms with van der Waals surface area (Å²) >= 11 is 0. The highest BCUT2D eigenvalue weighted by molar-refractivity contribution is 6.43. The number of hydrogen-bond acceptors (Lipinski definition) is 4. The molecule has 2 N–H and O–H groups in total. The number of rotatable bonds is 6. The molecular formula is C26H33FN4O3. The molecule has 0 saturated heterocycles. The number of pyridine rings is 1. The van der Waals surface area contributed by atoms with Gasteiger partial charge in [0.05, 0.1) is 23.1 Å². The molecule has 2 saturated carbocycles. The average Bonchev–Trinajstić information content (AvgIpc) is 3.17. The predicted octanol–water partition coefficient (Wildman–Crippen LogP) is 4.33. The second-order valence-corrected chi connectivity index (χ2v) is 10.2. The third-order valence-electron chi connectivity index (χ3n) is 8.03. The Balaban J connectivity index is 1.57. The Morgan fingerprint density at radius 1 is 1.21 bits per heavy atom. The highest BCUT2D eigenvalue weighted by Crippen LogP contribution is 2.51. The first-order valence-corrected chi connectivity index (χ1v) is 12.0. The van der Waals surface area contributed by atoms with Crippen LogP contribution in [0.2, 0.25) is 0 Å². The summed E-state index contributed by atoms with van der Waals surface area (Å²) < 4.78 is 14.7. The Hall–Kier alpha value is -3.03. The summed E-state index contributed by atoms with van der Waals surface area (Å²) in [6.45, 7) is 7.75. The molecule has 0 aliphatic heterocycles. The smallest absolute Gasteiger partial charge is 0.294 e. The molecule has 2 fully saturated rings. The number of aromatic nitrogens is 2. The predicted molar refractivity (Wildman–Crippen MR) is 127 cm³/mol. The molecule has 2 aliphatic rings. The highest BCUT2D eigenvalue weighted by Gasteiger charge is 2.50. The number of anilines is 1. The molecule has 2 amide bonds. The number of amides is 2. The van der Waals surface area contributed by atoms with Crippen LogP contribution in [0.1, 0.15) is 78.1 Å². The molecule has 2 aromatic rings. The lowest BCUT2D eigenvalue weighted by Gasteiger charge is -2.36. The van der Waals surface area contributed by atoms with Crippen LogP contribution in [-0.4, -0.2) is 32.7 Å². The van der Waals surface area contributed by atoms with Crippen molar-refractivity contribution in [2.45, 2.75) is 65.3 Å². The third-order valence-corrected chi connectivity index (χ3v) is 8.03. The van der Waals surface area contributed by atoms with Gasteiger partial charge in [-0.2, -0.15) is 4.39 Å². The van der Waals surface area contributed by atoms with Crippen molar-refractivity contribution in [3.8, 4) is 0 Å². The zero-order valence-electron chi connectivity index (χ0n) is 20.5. The van der Waals surface area contributed by atoms with E-state index in [2.05, 4.69) is 29.5 Å². The normalized spacial score (nSPS) is 25.8. The van der Waals surface area contributed by atoms with E-state index in [1.807, 2.05) is 0 Å². The van der Waals surface area contributed by atoms with Crippen molar-refractivity contribution in [1.29, 1.82) is 0 Å². The van der Waals surface area contributed by atoms with Gasteiger partial charge in [0.25, 0.3) is 17.6 Å². The number of carbonyl (C=O) groups is 3. The zero-order chi connectivity index (χ0) is 24.8. The summed E-state index contributed by atoms with van der Waals surface area (Å²) in [5, 5.41) is 5.83. The van der Waals surface area contributed by atoms with E-state index in [0.29, 0.717) is 40.3 Å². The second kappa shape index (κ2) is 8.96. The van der Waals surface area contributed by atoms with Crippen molar-refractivity contribution >= 4 is 23.3 Å². The molecule has 4 atom stereocenters. The standard InChI is InChI=1S/C26H33FN4O3/c1-6-26(12-17-9-14(2)10-18(26)11-17)30-25(34)23(32)22-15(3)21(16(4)31(22)5)24(33)29-19-7-8-20(27)28-13-19/h7-8,13-14,17-18H,6,9-12H2,1-5H3,(H,29,33)(H,30,34). The van der Waals surface area contributed by atoms with Crippen molar-refractivity contribution < 1.29 is 18.8 Å². The fourth-order valence-electron chi connectivity index (χ4n) is 6.39. The van der Waals surface area contributed by atoms with Gasteiger partial charge in [0, 0.05) is 18.3 Å². The van der Waals surface area contributed by atoms with Crippen molar-refractivity contribution in [2.75, 3.05) is 5.32 Å². The van der Waals surface area contributed by atoms with Crippen LogP contribution < -0.4 is 10.6 Å². The first-order valence-electron chi connectivity index (χ1n) is 12.0. The minimum Gasteiger partial charge on any atom is -0.344 e. The Kier molecular flexibility index (Phi) is 6.36. The fraction of sp³-hybridized carbons (Fsp3) is 0.538. The van der Waals surface area contributed by atoms with Gasteiger partial charge in [-0.15, -0.1) is 0 Å². The van der Waals surface area contributed by atoms with Gasteiger partial charge in [-0.05, 0) is 81.4 Å². The summed E-state index contributed by atoms with van der Waals surface area (Å²) in [5.41, 5.74) is 1.53. The lowest BCUT2D eigenvalue weighted by Crippen LogP contribution is -2.53. The Labute approximate surface area is 199 Å². The molecule has 7 nitrogen and oxygen atoms in total. The SMILES string of the molecule is CCC1(NC(=O)C(=O)c2c(C)c(C(=O)Nc3ccc(F)nc3)c(C)n2C)CC2CC(C)CC1C2. The van der Waals surface area contributed by atoms with Crippen LogP contribution in [0.3, 0.4) is 0 Å². The molecule has 0 spiro atoms. The molecule has 34 heavy (non-hydrogen) atoms. The monoisotopic (exact) mass is 468 g/mol. The van der Waals surface area contributed by atoms with E-state index in [1.165, 1.54) is 18.7 Å². The summed E-state index contributed by atoms with van der Waals surface area (Å²) in [5.74, 6) is -0.700. The molecule has 4 unspecified atom stereocenters. The minimum atomic E-state index is -0.644. The van der Waals surface area contributed by atoms with E-state index in [1.54, 1.807) is 25.5 Å². The topological polar surface area (TPSA) is 93.1 Å². The van der Waals surface area contributed by atoms with Gasteiger partial charge in [0.1, 0.15) is 0 Å². The van der Waals surface area contributed by atoms with Gasteiger partial charge >= 0.3 is 0 Å². The maximum Gasteiger partial charge on any atom is 0.294 e. The maximum atomic E-state index is 13.4. The number of ketones is 1. The van der Waals surface area contributed by atoms with Gasteiger partial charge < -0.3 is 15.2 Å². The summed E-state index contributed by atoms with van der Waals surface area (Å²) in [4.78, 5) is 43.1. The number of hydrogen-bond donors (Lipinski definition) is 2. The van der Waals surface area contributed by atoms with E-state index in [0.717, 1.165) is 31.7 Å². The van der Waals surface area contributed by atoms with Crippen LogP contribution in [-0.2, 0) is 11.8 Å². The Morgan fingerprint density at radius 3 is 2.59 bits per heavy atom. The molecular weight excluding hydrogens is 435 g/mol. The van der Waals surface area contributed by atoms with Gasteiger partial charge in [0.15, 0.2) is 0 Å². The first-order chi connectivity index (χ1) is 16.1. The number of carbonyl (C=O) groups excluding carboxylic acids is 3. The van der Waals surface area contributed by atoms with Gasteiger partial charge in [0.2, 0.25) is 5.95 Å². The van der Waals surface area contributed by atoms with Crippen LogP contribution in [0, 0.1) is 37.5 Å². The molecule has 182 valence electrons.